The summed E-state index contributed by atoms with van der Waals surface area (Å²) in [6.45, 7) is 2.27. The fourth-order valence-corrected chi connectivity index (χ4v) is 3.65. The van der Waals surface area contributed by atoms with E-state index in [4.69, 9.17) is 11.6 Å². The monoisotopic (exact) mass is 420 g/mol. The average Bonchev–Trinajstić information content (AvgIpc) is 2.72. The SMILES string of the molecule is CCCCCCCCCCCCCCCCCC(=O)N/N=C\c1ccccc1Cl. The first-order chi connectivity index (χ1) is 14.2. The number of hydrazone groups is 1. The molecule has 1 aromatic carbocycles. The molecule has 0 aromatic heterocycles. The summed E-state index contributed by atoms with van der Waals surface area (Å²) in [7, 11) is 0. The highest BCUT2D eigenvalue weighted by Gasteiger charge is 2.00. The van der Waals surface area contributed by atoms with Gasteiger partial charge < -0.3 is 0 Å². The summed E-state index contributed by atoms with van der Waals surface area (Å²) in [5.74, 6) is -0.0250. The van der Waals surface area contributed by atoms with E-state index in [0.717, 1.165) is 18.4 Å². The summed E-state index contributed by atoms with van der Waals surface area (Å²) in [6, 6.07) is 7.44. The molecule has 0 saturated heterocycles. The maximum atomic E-state index is 11.8. The maximum absolute atomic E-state index is 11.8. The van der Waals surface area contributed by atoms with Crippen LogP contribution < -0.4 is 5.43 Å². The van der Waals surface area contributed by atoms with Crippen LogP contribution in [0.4, 0.5) is 0 Å². The van der Waals surface area contributed by atoms with E-state index in [9.17, 15) is 4.79 Å². The van der Waals surface area contributed by atoms with E-state index in [1.165, 1.54) is 83.5 Å². The number of carbonyl (C=O) groups excluding carboxylic acids is 1. The fourth-order valence-electron chi connectivity index (χ4n) is 3.47. The molecule has 0 saturated carbocycles. The summed E-state index contributed by atoms with van der Waals surface area (Å²) < 4.78 is 0. The van der Waals surface area contributed by atoms with Gasteiger partial charge in [0.25, 0.3) is 0 Å². The third-order valence-corrected chi connectivity index (χ3v) is 5.65. The highest BCUT2D eigenvalue weighted by Crippen LogP contribution is 2.14. The predicted molar refractivity (Wildman–Crippen MR) is 127 cm³/mol. The van der Waals surface area contributed by atoms with Crippen molar-refractivity contribution in [2.45, 2.75) is 110 Å². The Labute approximate surface area is 183 Å². The molecular weight excluding hydrogens is 380 g/mol. The minimum absolute atomic E-state index is 0.0250. The Bertz CT molecular complexity index is 560. The summed E-state index contributed by atoms with van der Waals surface area (Å²) >= 11 is 6.04. The number of rotatable bonds is 18. The molecule has 0 aliphatic carbocycles. The summed E-state index contributed by atoms with van der Waals surface area (Å²) in [6.07, 6.45) is 22.1. The first kappa shape index (κ1) is 25.7. The van der Waals surface area contributed by atoms with Crippen LogP contribution in [0.5, 0.6) is 0 Å². The lowest BCUT2D eigenvalue weighted by Gasteiger charge is -2.03. The van der Waals surface area contributed by atoms with Crippen LogP contribution >= 0.6 is 11.6 Å². The molecule has 3 nitrogen and oxygen atoms in total. The van der Waals surface area contributed by atoms with Crippen molar-refractivity contribution >= 4 is 23.7 Å². The average molecular weight is 421 g/mol. The van der Waals surface area contributed by atoms with E-state index in [1.54, 1.807) is 12.3 Å². The zero-order valence-electron chi connectivity index (χ0n) is 18.4. The fraction of sp³-hybridized carbons (Fsp3) is 0.680. The van der Waals surface area contributed by atoms with Crippen LogP contribution in [0.25, 0.3) is 0 Å². The van der Waals surface area contributed by atoms with Crippen LogP contribution in [0.1, 0.15) is 115 Å². The van der Waals surface area contributed by atoms with Gasteiger partial charge in [0, 0.05) is 17.0 Å². The lowest BCUT2D eigenvalue weighted by Crippen LogP contribution is -2.16. The van der Waals surface area contributed by atoms with Crippen LogP contribution in [0.2, 0.25) is 5.02 Å². The molecule has 29 heavy (non-hydrogen) atoms. The molecule has 0 atom stereocenters. The van der Waals surface area contributed by atoms with Gasteiger partial charge >= 0.3 is 0 Å². The van der Waals surface area contributed by atoms with Crippen molar-refractivity contribution in [3.05, 3.63) is 34.9 Å². The van der Waals surface area contributed by atoms with E-state index in [-0.39, 0.29) is 5.91 Å². The largest absolute Gasteiger partial charge is 0.273 e. The molecule has 0 spiro atoms. The van der Waals surface area contributed by atoms with Crippen molar-refractivity contribution in [3.8, 4) is 0 Å². The van der Waals surface area contributed by atoms with Gasteiger partial charge in [-0.15, -0.1) is 0 Å². The number of hydrogen-bond acceptors (Lipinski definition) is 2. The molecule has 0 bridgehead atoms. The molecule has 1 rings (SSSR count). The van der Waals surface area contributed by atoms with E-state index in [2.05, 4.69) is 17.5 Å². The van der Waals surface area contributed by atoms with Crippen LogP contribution in [0, 0.1) is 0 Å². The van der Waals surface area contributed by atoms with E-state index >= 15 is 0 Å². The number of nitrogens with one attached hydrogen (secondary N) is 1. The van der Waals surface area contributed by atoms with Crippen molar-refractivity contribution < 1.29 is 4.79 Å². The van der Waals surface area contributed by atoms with Crippen molar-refractivity contribution in [2.24, 2.45) is 5.10 Å². The van der Waals surface area contributed by atoms with E-state index in [1.807, 2.05) is 18.2 Å². The Balaban J connectivity index is 1.85. The second-order valence-corrected chi connectivity index (χ2v) is 8.42. The maximum Gasteiger partial charge on any atom is 0.240 e. The van der Waals surface area contributed by atoms with Crippen LogP contribution in [-0.4, -0.2) is 12.1 Å². The molecule has 0 radical (unpaired) electrons. The Morgan fingerprint density at radius 2 is 1.31 bits per heavy atom. The molecule has 0 heterocycles. The van der Waals surface area contributed by atoms with Gasteiger partial charge in [0.15, 0.2) is 0 Å². The van der Waals surface area contributed by atoms with Gasteiger partial charge in [0.05, 0.1) is 6.21 Å². The number of amides is 1. The molecule has 0 fully saturated rings. The van der Waals surface area contributed by atoms with Crippen LogP contribution in [0.3, 0.4) is 0 Å². The van der Waals surface area contributed by atoms with Crippen molar-refractivity contribution in [2.75, 3.05) is 0 Å². The van der Waals surface area contributed by atoms with Gasteiger partial charge in [-0.3, -0.25) is 4.79 Å². The number of unbranched alkanes of at least 4 members (excludes halogenated alkanes) is 14. The smallest absolute Gasteiger partial charge is 0.240 e. The van der Waals surface area contributed by atoms with Gasteiger partial charge in [0.1, 0.15) is 0 Å². The van der Waals surface area contributed by atoms with Crippen molar-refractivity contribution in [1.82, 2.24) is 5.43 Å². The quantitative estimate of drug-likeness (QED) is 0.145. The summed E-state index contributed by atoms with van der Waals surface area (Å²) in [5.41, 5.74) is 3.39. The first-order valence-electron chi connectivity index (χ1n) is 11.8. The number of halogens is 1. The lowest BCUT2D eigenvalue weighted by molar-refractivity contribution is -0.121. The normalized spacial score (nSPS) is 11.2. The first-order valence-corrected chi connectivity index (χ1v) is 12.2. The minimum atomic E-state index is -0.0250. The number of carbonyl (C=O) groups is 1. The Hall–Kier alpha value is -1.35. The summed E-state index contributed by atoms with van der Waals surface area (Å²) in [4.78, 5) is 11.8. The molecule has 0 unspecified atom stereocenters. The Morgan fingerprint density at radius 1 is 0.828 bits per heavy atom. The van der Waals surface area contributed by atoms with E-state index < -0.39 is 0 Å². The molecule has 0 aliphatic rings. The number of hydrogen-bond donors (Lipinski definition) is 1. The Kier molecular flexibility index (Phi) is 16.5. The standard InChI is InChI=1S/C25H41ClN2O/c1-2-3-4-5-6-7-8-9-10-11-12-13-14-15-16-21-25(29)28-27-22-23-19-17-18-20-24(23)26/h17-20,22H,2-16,21H2,1H3,(H,28,29)/b27-22-. The molecule has 1 N–H and O–H groups in total. The third-order valence-electron chi connectivity index (χ3n) is 5.31. The molecule has 164 valence electrons. The highest BCUT2D eigenvalue weighted by atomic mass is 35.5. The Morgan fingerprint density at radius 3 is 1.83 bits per heavy atom. The van der Waals surface area contributed by atoms with Gasteiger partial charge in [-0.25, -0.2) is 5.43 Å². The molecule has 0 aliphatic heterocycles. The predicted octanol–water partition coefficient (Wildman–Crippen LogP) is 8.05. The van der Waals surface area contributed by atoms with Crippen molar-refractivity contribution in [3.63, 3.8) is 0 Å². The second-order valence-electron chi connectivity index (χ2n) is 8.01. The van der Waals surface area contributed by atoms with Crippen LogP contribution in [-0.2, 0) is 4.79 Å². The number of nitrogens with zero attached hydrogens (tertiary/aromatic N) is 1. The van der Waals surface area contributed by atoms with Gasteiger partial charge in [-0.2, -0.15) is 5.10 Å². The minimum Gasteiger partial charge on any atom is -0.273 e. The zero-order chi connectivity index (χ0) is 21.0. The lowest BCUT2D eigenvalue weighted by atomic mass is 10.0. The van der Waals surface area contributed by atoms with E-state index in [0.29, 0.717) is 11.4 Å². The highest BCUT2D eigenvalue weighted by molar-refractivity contribution is 6.33. The van der Waals surface area contributed by atoms with Crippen LogP contribution in [0.15, 0.2) is 29.4 Å². The second kappa shape index (κ2) is 18.7. The summed E-state index contributed by atoms with van der Waals surface area (Å²) in [5, 5.41) is 4.61. The van der Waals surface area contributed by atoms with Gasteiger partial charge in [-0.05, 0) is 12.5 Å². The zero-order valence-corrected chi connectivity index (χ0v) is 19.2. The molecule has 4 heteroatoms. The molecule has 1 aromatic rings. The number of benzene rings is 1. The molecular formula is C25H41ClN2O. The third kappa shape index (κ3) is 15.2. The van der Waals surface area contributed by atoms with Crippen molar-refractivity contribution in [1.29, 1.82) is 0 Å². The topological polar surface area (TPSA) is 41.5 Å². The van der Waals surface area contributed by atoms with Gasteiger partial charge in [0.2, 0.25) is 5.91 Å². The van der Waals surface area contributed by atoms with Gasteiger partial charge in [-0.1, -0.05) is 127 Å². The molecule has 1 amide bonds.